The van der Waals surface area contributed by atoms with Crippen LogP contribution in [0.1, 0.15) is 33.6 Å². The Balaban J connectivity index is 3.48. The van der Waals surface area contributed by atoms with Crippen molar-refractivity contribution in [2.45, 2.75) is 33.6 Å². The SMILES string of the molecule is CC(C)=CC[C@@H](C)CC=O. The molecular formula is C9H16O. The maximum atomic E-state index is 10.0. The average Bonchev–Trinajstić information content (AvgIpc) is 1.85. The molecule has 0 spiro atoms. The standard InChI is InChI=1S/C9H16O/c1-8(2)4-5-9(3)6-7-10/h4,7,9H,5-6H2,1-3H3/t9-/m1/s1. The van der Waals surface area contributed by atoms with Crippen molar-refractivity contribution in [3.05, 3.63) is 11.6 Å². The number of rotatable bonds is 4. The zero-order valence-corrected chi connectivity index (χ0v) is 7.05. The van der Waals surface area contributed by atoms with Crippen molar-refractivity contribution >= 4 is 6.29 Å². The molecule has 1 atom stereocenters. The molecule has 0 radical (unpaired) electrons. The predicted molar refractivity (Wildman–Crippen MR) is 43.9 cm³/mol. The summed E-state index contributed by atoms with van der Waals surface area (Å²) >= 11 is 0. The summed E-state index contributed by atoms with van der Waals surface area (Å²) in [5.41, 5.74) is 1.33. The molecule has 0 heterocycles. The lowest BCUT2D eigenvalue weighted by Gasteiger charge is -2.01. The van der Waals surface area contributed by atoms with Crippen molar-refractivity contribution in [1.29, 1.82) is 0 Å². The first kappa shape index (κ1) is 9.41. The normalized spacial score (nSPS) is 12.3. The number of aldehydes is 1. The van der Waals surface area contributed by atoms with E-state index in [1.807, 2.05) is 0 Å². The Labute approximate surface area is 63.1 Å². The van der Waals surface area contributed by atoms with Gasteiger partial charge in [0.2, 0.25) is 0 Å². The van der Waals surface area contributed by atoms with Gasteiger partial charge in [0.05, 0.1) is 0 Å². The van der Waals surface area contributed by atoms with Crippen LogP contribution in [0.4, 0.5) is 0 Å². The van der Waals surface area contributed by atoms with Crippen LogP contribution in [-0.2, 0) is 4.79 Å². The molecular weight excluding hydrogens is 124 g/mol. The van der Waals surface area contributed by atoms with Gasteiger partial charge in [-0.3, -0.25) is 0 Å². The minimum absolute atomic E-state index is 0.507. The van der Waals surface area contributed by atoms with E-state index in [1.54, 1.807) is 0 Å². The lowest BCUT2D eigenvalue weighted by Crippen LogP contribution is -1.92. The van der Waals surface area contributed by atoms with Crippen LogP contribution >= 0.6 is 0 Å². The lowest BCUT2D eigenvalue weighted by molar-refractivity contribution is -0.108. The van der Waals surface area contributed by atoms with Crippen LogP contribution in [0.15, 0.2) is 11.6 Å². The van der Waals surface area contributed by atoms with Crippen LogP contribution in [-0.4, -0.2) is 6.29 Å². The van der Waals surface area contributed by atoms with Crippen molar-refractivity contribution < 1.29 is 4.79 Å². The highest BCUT2D eigenvalue weighted by atomic mass is 16.1. The summed E-state index contributed by atoms with van der Waals surface area (Å²) in [7, 11) is 0. The van der Waals surface area contributed by atoms with E-state index in [9.17, 15) is 4.79 Å². The van der Waals surface area contributed by atoms with E-state index in [4.69, 9.17) is 0 Å². The third-order valence-electron chi connectivity index (χ3n) is 1.43. The van der Waals surface area contributed by atoms with Gasteiger partial charge >= 0.3 is 0 Å². The van der Waals surface area contributed by atoms with Gasteiger partial charge in [-0.25, -0.2) is 0 Å². The fourth-order valence-electron chi connectivity index (χ4n) is 0.697. The fourth-order valence-corrected chi connectivity index (χ4v) is 0.697. The average molecular weight is 140 g/mol. The van der Waals surface area contributed by atoms with Crippen LogP contribution in [0.25, 0.3) is 0 Å². The molecule has 0 rings (SSSR count). The van der Waals surface area contributed by atoms with E-state index in [2.05, 4.69) is 26.8 Å². The third-order valence-corrected chi connectivity index (χ3v) is 1.43. The molecule has 0 aliphatic carbocycles. The molecule has 0 aliphatic heterocycles. The first-order valence-electron chi connectivity index (χ1n) is 3.73. The summed E-state index contributed by atoms with van der Waals surface area (Å²) in [6.45, 7) is 6.25. The van der Waals surface area contributed by atoms with Crippen LogP contribution in [0.5, 0.6) is 0 Å². The Bertz CT molecular complexity index is 121. The van der Waals surface area contributed by atoms with Crippen molar-refractivity contribution in [1.82, 2.24) is 0 Å². The van der Waals surface area contributed by atoms with Gasteiger partial charge in [0.25, 0.3) is 0 Å². The predicted octanol–water partition coefficient (Wildman–Crippen LogP) is 2.57. The topological polar surface area (TPSA) is 17.1 Å². The number of carbonyl (C=O) groups excluding carboxylic acids is 1. The zero-order chi connectivity index (χ0) is 7.98. The fraction of sp³-hybridized carbons (Fsp3) is 0.667. The Morgan fingerprint density at radius 3 is 2.40 bits per heavy atom. The molecule has 0 saturated carbocycles. The van der Waals surface area contributed by atoms with E-state index in [1.165, 1.54) is 5.57 Å². The zero-order valence-electron chi connectivity index (χ0n) is 7.05. The molecule has 0 amide bonds. The summed E-state index contributed by atoms with van der Waals surface area (Å²) < 4.78 is 0. The quantitative estimate of drug-likeness (QED) is 0.433. The van der Waals surface area contributed by atoms with Crippen LogP contribution in [0.2, 0.25) is 0 Å². The monoisotopic (exact) mass is 140 g/mol. The highest BCUT2D eigenvalue weighted by Gasteiger charge is 1.96. The minimum atomic E-state index is 0.507. The van der Waals surface area contributed by atoms with Gasteiger partial charge in [-0.1, -0.05) is 18.6 Å². The molecule has 1 heteroatoms. The summed E-state index contributed by atoms with van der Waals surface area (Å²) in [6, 6.07) is 0. The number of carbonyl (C=O) groups is 1. The van der Waals surface area contributed by atoms with Gasteiger partial charge in [-0.2, -0.15) is 0 Å². The second-order valence-electron chi connectivity index (χ2n) is 3.02. The maximum Gasteiger partial charge on any atom is 0.120 e. The van der Waals surface area contributed by atoms with Crippen molar-refractivity contribution in [2.24, 2.45) is 5.92 Å². The summed E-state index contributed by atoms with van der Waals surface area (Å²) in [5.74, 6) is 0.507. The van der Waals surface area contributed by atoms with E-state index >= 15 is 0 Å². The first-order valence-corrected chi connectivity index (χ1v) is 3.73. The Hall–Kier alpha value is -0.590. The Kier molecular flexibility index (Phi) is 4.91. The van der Waals surface area contributed by atoms with Crippen LogP contribution in [0, 0.1) is 5.92 Å². The summed E-state index contributed by atoms with van der Waals surface area (Å²) in [4.78, 5) is 10.0. The second kappa shape index (κ2) is 5.21. The molecule has 0 bridgehead atoms. The lowest BCUT2D eigenvalue weighted by atomic mass is 10.0. The Morgan fingerprint density at radius 1 is 1.40 bits per heavy atom. The van der Waals surface area contributed by atoms with Gasteiger partial charge in [-0.15, -0.1) is 0 Å². The number of hydrogen-bond donors (Lipinski definition) is 0. The van der Waals surface area contributed by atoms with Gasteiger partial charge in [-0.05, 0) is 26.2 Å². The summed E-state index contributed by atoms with van der Waals surface area (Å²) in [6.07, 6.45) is 4.88. The van der Waals surface area contributed by atoms with Crippen LogP contribution < -0.4 is 0 Å². The second-order valence-corrected chi connectivity index (χ2v) is 3.02. The van der Waals surface area contributed by atoms with Crippen LogP contribution in [0.3, 0.4) is 0 Å². The molecule has 0 aromatic carbocycles. The van der Waals surface area contributed by atoms with Crippen molar-refractivity contribution in [2.75, 3.05) is 0 Å². The molecule has 58 valence electrons. The Morgan fingerprint density at radius 2 is 2.00 bits per heavy atom. The van der Waals surface area contributed by atoms with Gasteiger partial charge < -0.3 is 4.79 Å². The molecule has 0 N–H and O–H groups in total. The van der Waals surface area contributed by atoms with Gasteiger partial charge in [0.1, 0.15) is 6.29 Å². The summed E-state index contributed by atoms with van der Waals surface area (Å²) in [5, 5.41) is 0. The number of allylic oxidation sites excluding steroid dienone is 2. The molecule has 0 aromatic rings. The third kappa shape index (κ3) is 5.54. The van der Waals surface area contributed by atoms with Crippen molar-refractivity contribution in [3.8, 4) is 0 Å². The minimum Gasteiger partial charge on any atom is -0.303 e. The van der Waals surface area contributed by atoms with E-state index in [0.29, 0.717) is 12.3 Å². The molecule has 1 nitrogen and oxygen atoms in total. The van der Waals surface area contributed by atoms with E-state index in [-0.39, 0.29) is 0 Å². The molecule has 0 aromatic heterocycles. The molecule has 0 fully saturated rings. The first-order chi connectivity index (χ1) is 4.66. The molecule has 0 unspecified atom stereocenters. The smallest absolute Gasteiger partial charge is 0.120 e. The molecule has 0 saturated heterocycles. The molecule has 0 aliphatic rings. The van der Waals surface area contributed by atoms with E-state index < -0.39 is 0 Å². The number of hydrogen-bond acceptors (Lipinski definition) is 1. The highest BCUT2D eigenvalue weighted by Crippen LogP contribution is 2.07. The van der Waals surface area contributed by atoms with Crippen molar-refractivity contribution in [3.63, 3.8) is 0 Å². The van der Waals surface area contributed by atoms with E-state index in [0.717, 1.165) is 12.7 Å². The largest absolute Gasteiger partial charge is 0.303 e. The van der Waals surface area contributed by atoms with Gasteiger partial charge in [0.15, 0.2) is 0 Å². The molecule has 10 heavy (non-hydrogen) atoms. The maximum absolute atomic E-state index is 10.0. The van der Waals surface area contributed by atoms with Gasteiger partial charge in [0, 0.05) is 6.42 Å². The highest BCUT2D eigenvalue weighted by molar-refractivity contribution is 5.49.